The minimum absolute atomic E-state index is 0.0220. The van der Waals surface area contributed by atoms with Gasteiger partial charge in [-0.1, -0.05) is 0 Å². The van der Waals surface area contributed by atoms with Crippen molar-refractivity contribution in [1.29, 1.82) is 0 Å². The van der Waals surface area contributed by atoms with Crippen LogP contribution in [0.15, 0.2) is 23.6 Å². The lowest BCUT2D eigenvalue weighted by Crippen LogP contribution is -2.29. The minimum atomic E-state index is -0.319. The molecule has 26 heavy (non-hydrogen) atoms. The number of thiazole rings is 1. The Morgan fingerprint density at radius 2 is 2.19 bits per heavy atom. The number of hydrogen-bond donors (Lipinski definition) is 3. The molecule has 0 radical (unpaired) electrons. The van der Waals surface area contributed by atoms with Gasteiger partial charge in [-0.15, -0.1) is 11.3 Å². The normalized spacial score (nSPS) is 15.8. The molecule has 0 aliphatic carbocycles. The van der Waals surface area contributed by atoms with Gasteiger partial charge in [0.25, 0.3) is 5.91 Å². The highest BCUT2D eigenvalue weighted by Gasteiger charge is 2.17. The lowest BCUT2D eigenvalue weighted by Gasteiger charge is -2.18. The van der Waals surface area contributed by atoms with Crippen molar-refractivity contribution in [2.24, 2.45) is 0 Å². The minimum Gasteiger partial charge on any atom is -0.482 e. The third-order valence-corrected chi connectivity index (χ3v) is 5.17. The second-order valence-electron chi connectivity index (χ2n) is 6.17. The first-order chi connectivity index (χ1) is 12.7. The Bertz CT molecular complexity index is 832. The van der Waals surface area contributed by atoms with E-state index in [2.05, 4.69) is 25.8 Å². The summed E-state index contributed by atoms with van der Waals surface area (Å²) in [4.78, 5) is 30.2. The molecule has 3 N–H and O–H groups in total. The number of nitrogens with one attached hydrogen (secondary N) is 3. The molecular formula is C17H19N5O3S. The molecule has 136 valence electrons. The number of urea groups is 1. The van der Waals surface area contributed by atoms with Gasteiger partial charge in [-0.05, 0) is 25.0 Å². The van der Waals surface area contributed by atoms with Crippen molar-refractivity contribution in [2.75, 3.05) is 35.2 Å². The number of anilines is 3. The monoisotopic (exact) mass is 373 g/mol. The molecule has 0 atom stereocenters. The molecule has 1 saturated heterocycles. The average Bonchev–Trinajstić information content (AvgIpc) is 3.31. The molecule has 1 aromatic carbocycles. The number of nitrogens with zero attached hydrogens (tertiary/aromatic N) is 2. The smallest absolute Gasteiger partial charge is 0.319 e. The van der Waals surface area contributed by atoms with E-state index in [0.717, 1.165) is 23.9 Å². The van der Waals surface area contributed by atoms with Crippen LogP contribution in [0.2, 0.25) is 0 Å². The maximum atomic E-state index is 12.1. The Morgan fingerprint density at radius 1 is 1.35 bits per heavy atom. The van der Waals surface area contributed by atoms with Crippen molar-refractivity contribution >= 4 is 39.8 Å². The van der Waals surface area contributed by atoms with E-state index in [4.69, 9.17) is 4.74 Å². The number of rotatable bonds is 4. The van der Waals surface area contributed by atoms with Gasteiger partial charge in [0.2, 0.25) is 0 Å². The number of benzene rings is 1. The van der Waals surface area contributed by atoms with Gasteiger partial charge in [0.05, 0.1) is 17.9 Å². The van der Waals surface area contributed by atoms with E-state index in [9.17, 15) is 9.59 Å². The van der Waals surface area contributed by atoms with E-state index in [1.165, 1.54) is 12.8 Å². The fourth-order valence-electron chi connectivity index (χ4n) is 2.93. The third kappa shape index (κ3) is 3.72. The van der Waals surface area contributed by atoms with Crippen LogP contribution in [0.4, 0.5) is 21.3 Å². The van der Waals surface area contributed by atoms with Crippen LogP contribution in [0.5, 0.6) is 5.75 Å². The molecule has 2 aliphatic heterocycles. The van der Waals surface area contributed by atoms with Crippen LogP contribution in [0.3, 0.4) is 0 Å². The van der Waals surface area contributed by atoms with Crippen molar-refractivity contribution in [1.82, 2.24) is 10.3 Å². The van der Waals surface area contributed by atoms with E-state index >= 15 is 0 Å². The highest BCUT2D eigenvalue weighted by Crippen LogP contribution is 2.30. The molecule has 8 nitrogen and oxygen atoms in total. The summed E-state index contributed by atoms with van der Waals surface area (Å²) in [6.07, 6.45) is 2.42. The van der Waals surface area contributed by atoms with Gasteiger partial charge in [-0.25, -0.2) is 9.78 Å². The fraction of sp³-hybridized carbons (Fsp3) is 0.353. The average molecular weight is 373 g/mol. The van der Waals surface area contributed by atoms with Crippen molar-refractivity contribution in [2.45, 2.75) is 19.4 Å². The maximum absolute atomic E-state index is 12.1. The zero-order valence-corrected chi connectivity index (χ0v) is 14.9. The largest absolute Gasteiger partial charge is 0.482 e. The zero-order chi connectivity index (χ0) is 17.9. The molecule has 3 heterocycles. The molecule has 3 amide bonds. The van der Waals surface area contributed by atoms with Crippen molar-refractivity contribution in [3.8, 4) is 5.75 Å². The lowest BCUT2D eigenvalue weighted by molar-refractivity contribution is -0.118. The number of fused-ring (bicyclic) bond motifs is 1. The number of ether oxygens (including phenoxy) is 1. The molecule has 1 fully saturated rings. The topological polar surface area (TPSA) is 95.6 Å². The van der Waals surface area contributed by atoms with Gasteiger partial charge >= 0.3 is 6.03 Å². The Morgan fingerprint density at radius 3 is 3.04 bits per heavy atom. The molecule has 4 rings (SSSR count). The molecule has 1 aromatic heterocycles. The van der Waals surface area contributed by atoms with Crippen molar-refractivity contribution in [3.63, 3.8) is 0 Å². The molecule has 0 saturated carbocycles. The fourth-order valence-corrected chi connectivity index (χ4v) is 3.81. The summed E-state index contributed by atoms with van der Waals surface area (Å²) in [5.74, 6) is 0.352. The second kappa shape index (κ2) is 7.20. The first-order valence-corrected chi connectivity index (χ1v) is 9.36. The number of carbonyl (C=O) groups excluding carboxylic acids is 2. The van der Waals surface area contributed by atoms with Gasteiger partial charge in [0.1, 0.15) is 5.75 Å². The van der Waals surface area contributed by atoms with Crippen molar-refractivity contribution in [3.05, 3.63) is 29.3 Å². The third-order valence-electron chi connectivity index (χ3n) is 4.22. The molecule has 0 spiro atoms. The lowest BCUT2D eigenvalue weighted by atomic mass is 10.2. The number of aromatic nitrogens is 1. The Hall–Kier alpha value is -2.81. The molecular weight excluding hydrogens is 354 g/mol. The zero-order valence-electron chi connectivity index (χ0n) is 14.1. The van der Waals surface area contributed by atoms with E-state index in [0.29, 0.717) is 23.7 Å². The molecule has 0 unspecified atom stereocenters. The predicted octanol–water partition coefficient (Wildman–Crippen LogP) is 2.40. The van der Waals surface area contributed by atoms with Gasteiger partial charge in [-0.2, -0.15) is 0 Å². The SMILES string of the molecule is O=C1COc2cc(NC(=O)NCc3csc(N4CCCC4)n3)ccc2N1. The van der Waals surface area contributed by atoms with E-state index in [1.54, 1.807) is 29.5 Å². The van der Waals surface area contributed by atoms with Crippen LogP contribution in [-0.2, 0) is 11.3 Å². The van der Waals surface area contributed by atoms with E-state index in [-0.39, 0.29) is 18.5 Å². The first kappa shape index (κ1) is 16.6. The highest BCUT2D eigenvalue weighted by atomic mass is 32.1. The van der Waals surface area contributed by atoms with Crippen molar-refractivity contribution < 1.29 is 14.3 Å². The van der Waals surface area contributed by atoms with Gasteiger partial charge in [0.15, 0.2) is 11.7 Å². The summed E-state index contributed by atoms with van der Waals surface area (Å²) >= 11 is 1.61. The van der Waals surface area contributed by atoms with Crippen LogP contribution >= 0.6 is 11.3 Å². The predicted molar refractivity (Wildman–Crippen MR) is 100.0 cm³/mol. The van der Waals surface area contributed by atoms with Crippen LogP contribution in [-0.4, -0.2) is 36.6 Å². The van der Waals surface area contributed by atoms with Gasteiger partial charge < -0.3 is 25.6 Å². The standard InChI is InChI=1S/C17H19N5O3S/c23-15-9-25-14-7-11(3-4-13(14)21-15)19-16(24)18-8-12-10-26-17(20-12)22-5-1-2-6-22/h3-4,7,10H,1-2,5-6,8-9H2,(H,21,23)(H2,18,19,24). The van der Waals surface area contributed by atoms with E-state index in [1.807, 2.05) is 5.38 Å². The summed E-state index contributed by atoms with van der Waals surface area (Å²) < 4.78 is 5.34. The summed E-state index contributed by atoms with van der Waals surface area (Å²) in [6, 6.07) is 4.77. The molecule has 0 bridgehead atoms. The summed E-state index contributed by atoms with van der Waals surface area (Å²) in [6.45, 7) is 2.46. The molecule has 9 heteroatoms. The van der Waals surface area contributed by atoms with Crippen LogP contribution in [0.1, 0.15) is 18.5 Å². The van der Waals surface area contributed by atoms with Crippen LogP contribution < -0.4 is 25.6 Å². The second-order valence-corrected chi connectivity index (χ2v) is 7.01. The Balaban J connectivity index is 1.31. The number of hydrogen-bond acceptors (Lipinski definition) is 6. The highest BCUT2D eigenvalue weighted by molar-refractivity contribution is 7.13. The van der Waals surface area contributed by atoms with Gasteiger partial charge in [0, 0.05) is 30.2 Å². The summed E-state index contributed by atoms with van der Waals surface area (Å²) in [5, 5.41) is 11.3. The van der Waals surface area contributed by atoms with Crippen LogP contribution in [0, 0.1) is 0 Å². The first-order valence-electron chi connectivity index (χ1n) is 8.48. The number of amides is 3. The van der Waals surface area contributed by atoms with E-state index < -0.39 is 0 Å². The molecule has 2 aromatic rings. The Kier molecular flexibility index (Phi) is 4.61. The quantitative estimate of drug-likeness (QED) is 0.765. The van der Waals surface area contributed by atoms with Crippen LogP contribution in [0.25, 0.3) is 0 Å². The molecule has 2 aliphatic rings. The maximum Gasteiger partial charge on any atom is 0.319 e. The summed E-state index contributed by atoms with van der Waals surface area (Å²) in [5.41, 5.74) is 2.04. The number of carbonyl (C=O) groups is 2. The van der Waals surface area contributed by atoms with Gasteiger partial charge in [-0.3, -0.25) is 4.79 Å². The Labute approximate surface area is 154 Å². The summed E-state index contributed by atoms with van der Waals surface area (Å²) in [7, 11) is 0.